The Morgan fingerprint density at radius 1 is 1.50 bits per heavy atom. The lowest BCUT2D eigenvalue weighted by atomic mass is 10.0. The van der Waals surface area contributed by atoms with Crippen molar-refractivity contribution in [1.82, 2.24) is 4.90 Å². The molecule has 1 aromatic rings. The molecule has 4 heteroatoms. The molecule has 20 heavy (non-hydrogen) atoms. The molecule has 2 atom stereocenters. The second-order valence-electron chi connectivity index (χ2n) is 5.53. The first-order chi connectivity index (χ1) is 9.58. The van der Waals surface area contributed by atoms with E-state index in [0.29, 0.717) is 26.1 Å². The van der Waals surface area contributed by atoms with Gasteiger partial charge in [0.25, 0.3) is 0 Å². The molecule has 0 saturated carbocycles. The third-order valence-electron chi connectivity index (χ3n) is 3.90. The second-order valence-corrected chi connectivity index (χ2v) is 5.53. The van der Waals surface area contributed by atoms with Crippen LogP contribution in [0.2, 0.25) is 0 Å². The molecule has 0 aliphatic carbocycles. The Labute approximate surface area is 120 Å². The molecule has 110 valence electrons. The fourth-order valence-electron chi connectivity index (χ4n) is 2.51. The van der Waals surface area contributed by atoms with Gasteiger partial charge in [0.2, 0.25) is 5.91 Å². The van der Waals surface area contributed by atoms with E-state index < -0.39 is 0 Å². The van der Waals surface area contributed by atoms with Gasteiger partial charge in [-0.25, -0.2) is 0 Å². The van der Waals surface area contributed by atoms with Gasteiger partial charge in [-0.05, 0) is 31.4 Å². The summed E-state index contributed by atoms with van der Waals surface area (Å²) in [5.74, 6) is 0.196. The molecule has 0 spiro atoms. The fraction of sp³-hybridized carbons (Fsp3) is 0.562. The van der Waals surface area contributed by atoms with Gasteiger partial charge >= 0.3 is 0 Å². The molecule has 1 aromatic carbocycles. The van der Waals surface area contributed by atoms with E-state index in [2.05, 4.69) is 19.1 Å². The molecule has 2 rings (SSSR count). The number of morpholine rings is 1. The van der Waals surface area contributed by atoms with Crippen LogP contribution in [-0.2, 0) is 16.0 Å². The van der Waals surface area contributed by atoms with Crippen LogP contribution in [0, 0.1) is 6.92 Å². The van der Waals surface area contributed by atoms with Crippen LogP contribution in [0.25, 0.3) is 0 Å². The van der Waals surface area contributed by atoms with E-state index in [1.165, 1.54) is 11.1 Å². The molecule has 1 amide bonds. The zero-order valence-electron chi connectivity index (χ0n) is 12.3. The summed E-state index contributed by atoms with van der Waals surface area (Å²) in [4.78, 5) is 14.2. The summed E-state index contributed by atoms with van der Waals surface area (Å²) in [6.45, 7) is 5.88. The Morgan fingerprint density at radius 2 is 2.25 bits per heavy atom. The topological polar surface area (TPSA) is 55.6 Å². The quantitative estimate of drug-likeness (QED) is 0.906. The third kappa shape index (κ3) is 3.81. The van der Waals surface area contributed by atoms with Gasteiger partial charge in [0.15, 0.2) is 0 Å². The molecule has 1 fully saturated rings. The number of nitrogens with zero attached hydrogens (tertiary/aromatic N) is 1. The normalized spacial score (nSPS) is 20.8. The first kappa shape index (κ1) is 15.0. The van der Waals surface area contributed by atoms with Gasteiger partial charge in [0.05, 0.1) is 12.7 Å². The van der Waals surface area contributed by atoms with Gasteiger partial charge in [-0.1, -0.05) is 24.3 Å². The van der Waals surface area contributed by atoms with Gasteiger partial charge in [-0.2, -0.15) is 0 Å². The van der Waals surface area contributed by atoms with Gasteiger partial charge in [0, 0.05) is 25.6 Å². The number of aryl methyl sites for hydroxylation is 2. The Morgan fingerprint density at radius 3 is 2.95 bits per heavy atom. The number of nitrogens with two attached hydrogens (primary N) is 1. The van der Waals surface area contributed by atoms with Crippen molar-refractivity contribution in [3.8, 4) is 0 Å². The third-order valence-corrected chi connectivity index (χ3v) is 3.90. The lowest BCUT2D eigenvalue weighted by Gasteiger charge is -2.34. The van der Waals surface area contributed by atoms with Crippen LogP contribution in [-0.4, -0.2) is 42.6 Å². The average molecular weight is 276 g/mol. The lowest BCUT2D eigenvalue weighted by Crippen LogP contribution is -2.51. The van der Waals surface area contributed by atoms with Crippen LogP contribution < -0.4 is 5.73 Å². The molecule has 4 nitrogen and oxygen atoms in total. The highest BCUT2D eigenvalue weighted by Gasteiger charge is 2.26. The van der Waals surface area contributed by atoms with Crippen molar-refractivity contribution in [1.29, 1.82) is 0 Å². The number of rotatable bonds is 4. The maximum Gasteiger partial charge on any atom is 0.223 e. The van der Waals surface area contributed by atoms with Crippen molar-refractivity contribution in [2.45, 2.75) is 38.8 Å². The maximum absolute atomic E-state index is 12.3. The summed E-state index contributed by atoms with van der Waals surface area (Å²) in [5, 5.41) is 0. The van der Waals surface area contributed by atoms with Crippen LogP contribution >= 0.6 is 0 Å². The first-order valence-electron chi connectivity index (χ1n) is 7.27. The maximum atomic E-state index is 12.3. The van der Waals surface area contributed by atoms with Crippen LogP contribution in [0.1, 0.15) is 24.5 Å². The van der Waals surface area contributed by atoms with Gasteiger partial charge in [-0.15, -0.1) is 0 Å². The highest BCUT2D eigenvalue weighted by atomic mass is 16.5. The van der Waals surface area contributed by atoms with E-state index in [1.54, 1.807) is 0 Å². The summed E-state index contributed by atoms with van der Waals surface area (Å²) in [5.41, 5.74) is 8.35. The number of hydrogen-bond acceptors (Lipinski definition) is 3. The summed E-state index contributed by atoms with van der Waals surface area (Å²) in [6.07, 6.45) is 1.31. The average Bonchev–Trinajstić information content (AvgIpc) is 2.46. The molecule has 1 aliphatic heterocycles. The number of hydrogen-bond donors (Lipinski definition) is 1. The highest BCUT2D eigenvalue weighted by Crippen LogP contribution is 2.13. The summed E-state index contributed by atoms with van der Waals surface area (Å²) in [7, 11) is 0. The Hall–Kier alpha value is -1.39. The number of benzene rings is 1. The smallest absolute Gasteiger partial charge is 0.223 e. The van der Waals surface area contributed by atoms with Crippen molar-refractivity contribution in [3.63, 3.8) is 0 Å². The number of ether oxygens (including phenoxy) is 1. The van der Waals surface area contributed by atoms with Crippen molar-refractivity contribution in [3.05, 3.63) is 35.4 Å². The van der Waals surface area contributed by atoms with Crippen LogP contribution in [0.15, 0.2) is 24.3 Å². The Balaban J connectivity index is 1.87. The molecule has 1 aliphatic rings. The summed E-state index contributed by atoms with van der Waals surface area (Å²) in [6, 6.07) is 8.18. The molecule has 0 bridgehead atoms. The number of carbonyl (C=O) groups excluding carboxylic acids is 1. The van der Waals surface area contributed by atoms with Gasteiger partial charge in [0.1, 0.15) is 0 Å². The molecule has 0 aromatic heterocycles. The minimum Gasteiger partial charge on any atom is -0.373 e. The second kappa shape index (κ2) is 6.86. The highest BCUT2D eigenvalue weighted by molar-refractivity contribution is 5.76. The molecular weight excluding hydrogens is 252 g/mol. The molecule has 0 radical (unpaired) electrons. The first-order valence-corrected chi connectivity index (χ1v) is 7.27. The predicted molar refractivity (Wildman–Crippen MR) is 79.5 cm³/mol. The van der Waals surface area contributed by atoms with Gasteiger partial charge in [-0.3, -0.25) is 4.79 Å². The largest absolute Gasteiger partial charge is 0.373 e. The minimum atomic E-state index is -0.0398. The molecular formula is C16H24N2O2. The zero-order chi connectivity index (χ0) is 14.5. The fourth-order valence-corrected chi connectivity index (χ4v) is 2.51. The molecule has 2 unspecified atom stereocenters. The number of amides is 1. The van der Waals surface area contributed by atoms with E-state index in [9.17, 15) is 4.79 Å². The van der Waals surface area contributed by atoms with E-state index in [0.717, 1.165) is 6.42 Å². The predicted octanol–water partition coefficient (Wildman–Crippen LogP) is 1.50. The van der Waals surface area contributed by atoms with Crippen molar-refractivity contribution >= 4 is 5.91 Å². The molecule has 2 N–H and O–H groups in total. The molecule has 1 saturated heterocycles. The van der Waals surface area contributed by atoms with Crippen molar-refractivity contribution in [2.24, 2.45) is 5.73 Å². The van der Waals surface area contributed by atoms with E-state index in [1.807, 2.05) is 24.0 Å². The SMILES string of the molecule is Cc1ccccc1CCC(=O)N1CCOC(C(C)N)C1. The minimum absolute atomic E-state index is 0.0360. The van der Waals surface area contributed by atoms with Crippen LogP contribution in [0.4, 0.5) is 0 Å². The van der Waals surface area contributed by atoms with Crippen LogP contribution in [0.5, 0.6) is 0 Å². The van der Waals surface area contributed by atoms with Crippen molar-refractivity contribution in [2.75, 3.05) is 19.7 Å². The standard InChI is InChI=1S/C16H24N2O2/c1-12-5-3-4-6-14(12)7-8-16(19)18-9-10-20-15(11-18)13(2)17/h3-6,13,15H,7-11,17H2,1-2H3. The van der Waals surface area contributed by atoms with E-state index in [-0.39, 0.29) is 18.1 Å². The summed E-state index contributed by atoms with van der Waals surface area (Å²) < 4.78 is 5.58. The monoisotopic (exact) mass is 276 g/mol. The van der Waals surface area contributed by atoms with Crippen molar-refractivity contribution < 1.29 is 9.53 Å². The van der Waals surface area contributed by atoms with Crippen LogP contribution in [0.3, 0.4) is 0 Å². The Bertz CT molecular complexity index is 460. The van der Waals surface area contributed by atoms with E-state index >= 15 is 0 Å². The Kier molecular flexibility index (Phi) is 5.15. The zero-order valence-corrected chi connectivity index (χ0v) is 12.3. The van der Waals surface area contributed by atoms with Gasteiger partial charge < -0.3 is 15.4 Å². The number of carbonyl (C=O) groups is 1. The molecule has 1 heterocycles. The lowest BCUT2D eigenvalue weighted by molar-refractivity contribution is -0.139. The van der Waals surface area contributed by atoms with E-state index in [4.69, 9.17) is 10.5 Å². The summed E-state index contributed by atoms with van der Waals surface area (Å²) >= 11 is 0.